The maximum atomic E-state index is 13.2. The van der Waals surface area contributed by atoms with E-state index in [1.807, 2.05) is 13.0 Å². The molecule has 0 radical (unpaired) electrons. The second-order valence-electron chi connectivity index (χ2n) is 5.70. The molecule has 2 aromatic carbocycles. The number of fused-ring (bicyclic) bond motifs is 1. The lowest BCUT2D eigenvalue weighted by atomic mass is 10.1. The molecule has 4 nitrogen and oxygen atoms in total. The molecule has 130 valence electrons. The van der Waals surface area contributed by atoms with E-state index in [1.54, 1.807) is 36.4 Å². The van der Waals surface area contributed by atoms with E-state index < -0.39 is 12.0 Å². The zero-order chi connectivity index (χ0) is 18.0. The van der Waals surface area contributed by atoms with E-state index in [9.17, 15) is 18.0 Å². The topological polar surface area (TPSA) is 46.9 Å². The number of nitrogens with zero attached hydrogens (tertiary/aromatic N) is 2. The van der Waals surface area contributed by atoms with Gasteiger partial charge in [-0.3, -0.25) is 4.79 Å². The van der Waals surface area contributed by atoms with Crippen LogP contribution in [0.25, 0.3) is 11.0 Å². The van der Waals surface area contributed by atoms with Crippen molar-refractivity contribution in [3.63, 3.8) is 0 Å². The van der Waals surface area contributed by atoms with Crippen LogP contribution in [0, 0.1) is 6.92 Å². The van der Waals surface area contributed by atoms with Crippen LogP contribution < -0.4 is 5.32 Å². The van der Waals surface area contributed by atoms with Gasteiger partial charge in [0, 0.05) is 18.7 Å². The molecule has 3 rings (SSSR count). The Labute approximate surface area is 142 Å². The van der Waals surface area contributed by atoms with Gasteiger partial charge in [-0.2, -0.15) is 13.2 Å². The predicted molar refractivity (Wildman–Crippen MR) is 88.2 cm³/mol. The average molecular weight is 347 g/mol. The van der Waals surface area contributed by atoms with Gasteiger partial charge in [-0.25, -0.2) is 4.98 Å². The number of halogens is 3. The minimum atomic E-state index is -4.56. The van der Waals surface area contributed by atoms with E-state index in [2.05, 4.69) is 10.3 Å². The number of alkyl halides is 3. The lowest BCUT2D eigenvalue weighted by molar-refractivity contribution is -0.146. The Morgan fingerprint density at radius 2 is 1.92 bits per heavy atom. The number of nitrogens with one attached hydrogen (secondary N) is 1. The highest BCUT2D eigenvalue weighted by molar-refractivity contribution is 5.94. The molecule has 7 heteroatoms. The van der Waals surface area contributed by atoms with E-state index in [-0.39, 0.29) is 24.5 Å². The summed E-state index contributed by atoms with van der Waals surface area (Å²) in [5.41, 5.74) is 2.08. The van der Waals surface area contributed by atoms with Crippen molar-refractivity contribution >= 4 is 16.9 Å². The Kier molecular flexibility index (Phi) is 4.48. The molecular formula is C18H16F3N3O. The molecule has 0 fully saturated rings. The Morgan fingerprint density at radius 1 is 1.16 bits per heavy atom. The highest BCUT2D eigenvalue weighted by atomic mass is 19.4. The van der Waals surface area contributed by atoms with Gasteiger partial charge >= 0.3 is 6.18 Å². The Hall–Kier alpha value is -2.83. The summed E-state index contributed by atoms with van der Waals surface area (Å²) >= 11 is 0. The third-order valence-corrected chi connectivity index (χ3v) is 3.81. The van der Waals surface area contributed by atoms with Crippen LogP contribution in [0.4, 0.5) is 13.2 Å². The molecule has 0 aliphatic carbocycles. The van der Waals surface area contributed by atoms with Crippen LogP contribution in [-0.4, -0.2) is 22.0 Å². The maximum absolute atomic E-state index is 13.2. The summed E-state index contributed by atoms with van der Waals surface area (Å²) in [6, 6.07) is 13.4. The fourth-order valence-corrected chi connectivity index (χ4v) is 2.69. The summed E-state index contributed by atoms with van der Waals surface area (Å²) in [5.74, 6) is -1.28. The normalized spacial score (nSPS) is 11.7. The van der Waals surface area contributed by atoms with Crippen molar-refractivity contribution in [3.8, 4) is 0 Å². The van der Waals surface area contributed by atoms with Gasteiger partial charge in [-0.1, -0.05) is 29.8 Å². The summed E-state index contributed by atoms with van der Waals surface area (Å²) in [6.07, 6.45) is -4.56. The van der Waals surface area contributed by atoms with Gasteiger partial charge in [0.1, 0.15) is 0 Å². The van der Waals surface area contributed by atoms with E-state index in [0.717, 1.165) is 10.1 Å². The molecular weight excluding hydrogens is 331 g/mol. The molecule has 0 unspecified atom stereocenters. The number of para-hydroxylation sites is 2. The van der Waals surface area contributed by atoms with Gasteiger partial charge in [0.2, 0.25) is 5.82 Å². The smallest absolute Gasteiger partial charge is 0.350 e. The summed E-state index contributed by atoms with van der Waals surface area (Å²) in [4.78, 5) is 15.8. The van der Waals surface area contributed by atoms with Gasteiger partial charge in [0.15, 0.2) is 0 Å². The highest BCUT2D eigenvalue weighted by Crippen LogP contribution is 2.31. The number of benzene rings is 2. The minimum Gasteiger partial charge on any atom is -0.350 e. The minimum absolute atomic E-state index is 0.0209. The van der Waals surface area contributed by atoms with Crippen LogP contribution >= 0.6 is 0 Å². The Morgan fingerprint density at radius 3 is 2.64 bits per heavy atom. The fourth-order valence-electron chi connectivity index (χ4n) is 2.69. The number of carbonyl (C=O) groups is 1. The summed E-state index contributed by atoms with van der Waals surface area (Å²) < 4.78 is 40.7. The quantitative estimate of drug-likeness (QED) is 0.780. The molecule has 1 N–H and O–H groups in total. The zero-order valence-corrected chi connectivity index (χ0v) is 13.5. The zero-order valence-electron chi connectivity index (χ0n) is 13.5. The van der Waals surface area contributed by atoms with Crippen LogP contribution in [-0.2, 0) is 12.7 Å². The van der Waals surface area contributed by atoms with Crippen molar-refractivity contribution in [2.24, 2.45) is 0 Å². The number of aryl methyl sites for hydroxylation is 1. The molecule has 0 aliphatic heterocycles. The van der Waals surface area contributed by atoms with E-state index in [4.69, 9.17) is 0 Å². The van der Waals surface area contributed by atoms with E-state index >= 15 is 0 Å². The number of hydrogen-bond acceptors (Lipinski definition) is 2. The fraction of sp³-hybridized carbons (Fsp3) is 0.222. The SMILES string of the molecule is Cc1cccc(C(=O)NCCn2c(C(F)(F)F)nc3ccccc32)c1. The standard InChI is InChI=1S/C18H16F3N3O/c1-12-5-4-6-13(11-12)16(25)22-9-10-24-15-8-3-2-7-14(15)23-17(24)18(19,20)21/h2-8,11H,9-10H2,1H3,(H,22,25). The average Bonchev–Trinajstić information content (AvgIpc) is 2.94. The lowest BCUT2D eigenvalue weighted by Gasteiger charge is -2.12. The first-order valence-corrected chi connectivity index (χ1v) is 7.73. The summed E-state index contributed by atoms with van der Waals surface area (Å²) in [5, 5.41) is 2.65. The number of carbonyl (C=O) groups excluding carboxylic acids is 1. The van der Waals surface area contributed by atoms with Crippen LogP contribution in [0.5, 0.6) is 0 Å². The molecule has 0 bridgehead atoms. The molecule has 0 saturated carbocycles. The third kappa shape index (κ3) is 3.65. The van der Waals surface area contributed by atoms with Crippen LogP contribution in [0.15, 0.2) is 48.5 Å². The molecule has 1 heterocycles. The third-order valence-electron chi connectivity index (χ3n) is 3.81. The molecule has 0 saturated heterocycles. The lowest BCUT2D eigenvalue weighted by Crippen LogP contribution is -2.28. The number of amides is 1. The van der Waals surface area contributed by atoms with Crippen molar-refractivity contribution in [2.45, 2.75) is 19.6 Å². The molecule has 1 aromatic heterocycles. The van der Waals surface area contributed by atoms with Crippen molar-refractivity contribution in [3.05, 3.63) is 65.5 Å². The first-order chi connectivity index (χ1) is 11.9. The van der Waals surface area contributed by atoms with Crippen LogP contribution in [0.1, 0.15) is 21.7 Å². The van der Waals surface area contributed by atoms with Crippen molar-refractivity contribution in [1.29, 1.82) is 0 Å². The Bertz CT molecular complexity index is 915. The van der Waals surface area contributed by atoms with Crippen LogP contribution in [0.2, 0.25) is 0 Å². The van der Waals surface area contributed by atoms with Crippen molar-refractivity contribution < 1.29 is 18.0 Å². The highest BCUT2D eigenvalue weighted by Gasteiger charge is 2.37. The second-order valence-corrected chi connectivity index (χ2v) is 5.70. The molecule has 1 amide bonds. The van der Waals surface area contributed by atoms with E-state index in [1.165, 1.54) is 6.07 Å². The van der Waals surface area contributed by atoms with Gasteiger partial charge in [0.25, 0.3) is 5.91 Å². The van der Waals surface area contributed by atoms with Gasteiger partial charge in [-0.05, 0) is 31.2 Å². The van der Waals surface area contributed by atoms with Crippen molar-refractivity contribution in [1.82, 2.24) is 14.9 Å². The number of hydrogen-bond donors (Lipinski definition) is 1. The first-order valence-electron chi connectivity index (χ1n) is 7.73. The number of rotatable bonds is 4. The van der Waals surface area contributed by atoms with Gasteiger partial charge in [0.05, 0.1) is 11.0 Å². The molecule has 0 aliphatic rings. The maximum Gasteiger partial charge on any atom is 0.449 e. The number of imidazole rings is 1. The second kappa shape index (κ2) is 6.58. The Balaban J connectivity index is 1.78. The van der Waals surface area contributed by atoms with E-state index in [0.29, 0.717) is 11.1 Å². The summed E-state index contributed by atoms with van der Waals surface area (Å²) in [6.45, 7) is 1.91. The first kappa shape index (κ1) is 17.0. The van der Waals surface area contributed by atoms with Crippen molar-refractivity contribution in [2.75, 3.05) is 6.54 Å². The monoisotopic (exact) mass is 347 g/mol. The molecule has 0 spiro atoms. The molecule has 3 aromatic rings. The largest absolute Gasteiger partial charge is 0.449 e. The molecule has 25 heavy (non-hydrogen) atoms. The van der Waals surface area contributed by atoms with Crippen LogP contribution in [0.3, 0.4) is 0 Å². The van der Waals surface area contributed by atoms with Gasteiger partial charge in [-0.15, -0.1) is 0 Å². The van der Waals surface area contributed by atoms with Gasteiger partial charge < -0.3 is 9.88 Å². The summed E-state index contributed by atoms with van der Waals surface area (Å²) in [7, 11) is 0. The predicted octanol–water partition coefficient (Wildman–Crippen LogP) is 3.79. The number of aromatic nitrogens is 2. The molecule has 0 atom stereocenters.